The summed E-state index contributed by atoms with van der Waals surface area (Å²) in [5.41, 5.74) is 3.19. The summed E-state index contributed by atoms with van der Waals surface area (Å²) in [6.45, 7) is 6.84. The van der Waals surface area contributed by atoms with Crippen LogP contribution in [0.2, 0.25) is 0 Å². The second-order valence-corrected chi connectivity index (χ2v) is 5.34. The van der Waals surface area contributed by atoms with Gasteiger partial charge in [0.2, 0.25) is 0 Å². The molecule has 2 N–H and O–H groups in total. The summed E-state index contributed by atoms with van der Waals surface area (Å²) >= 11 is 0. The average Bonchev–Trinajstić information content (AvgIpc) is 2.58. The highest BCUT2D eigenvalue weighted by Gasteiger charge is 2.04. The molecule has 122 valence electrons. The van der Waals surface area contributed by atoms with Crippen molar-refractivity contribution in [2.45, 2.75) is 20.3 Å². The number of anilines is 2. The maximum Gasteiger partial charge on any atom is 0.319 e. The van der Waals surface area contributed by atoms with Crippen molar-refractivity contribution in [2.24, 2.45) is 0 Å². The Morgan fingerprint density at radius 2 is 1.61 bits per heavy atom. The van der Waals surface area contributed by atoms with E-state index in [4.69, 9.17) is 0 Å². The number of nitrogens with one attached hydrogen (secondary N) is 2. The van der Waals surface area contributed by atoms with Gasteiger partial charge in [0.1, 0.15) is 0 Å². The first kappa shape index (κ1) is 16.9. The molecule has 0 unspecified atom stereocenters. The molecular formula is C19H25N3O. The van der Waals surface area contributed by atoms with Gasteiger partial charge in [-0.25, -0.2) is 4.79 Å². The van der Waals surface area contributed by atoms with Crippen molar-refractivity contribution < 1.29 is 4.79 Å². The molecule has 23 heavy (non-hydrogen) atoms. The predicted octanol–water partition coefficient (Wildman–Crippen LogP) is 3.90. The molecule has 2 amide bonds. The summed E-state index contributed by atoms with van der Waals surface area (Å²) < 4.78 is 0. The Morgan fingerprint density at radius 1 is 0.957 bits per heavy atom. The number of rotatable bonds is 7. The molecule has 0 heterocycles. The van der Waals surface area contributed by atoms with Gasteiger partial charge in [-0.1, -0.05) is 30.3 Å². The molecule has 2 aromatic rings. The lowest BCUT2D eigenvalue weighted by Crippen LogP contribution is -2.30. The summed E-state index contributed by atoms with van der Waals surface area (Å²) in [5, 5.41) is 5.74. The second kappa shape index (κ2) is 8.83. The quantitative estimate of drug-likeness (QED) is 0.814. The second-order valence-electron chi connectivity index (χ2n) is 5.34. The molecule has 0 atom stereocenters. The zero-order chi connectivity index (χ0) is 16.5. The molecule has 0 fully saturated rings. The molecule has 0 spiro atoms. The zero-order valence-electron chi connectivity index (χ0n) is 13.9. The molecule has 0 aliphatic heterocycles. The van der Waals surface area contributed by atoms with Crippen LogP contribution in [0.15, 0.2) is 54.6 Å². The molecule has 4 nitrogen and oxygen atoms in total. The minimum atomic E-state index is -0.170. The standard InChI is InChI=1S/C19H25N3O/c1-3-22(4-2)18-12-10-17(11-13-18)21-19(23)20-15-14-16-8-6-5-7-9-16/h5-13H,3-4,14-15H2,1-2H3,(H2,20,21,23). The van der Waals surface area contributed by atoms with Crippen LogP contribution in [-0.2, 0) is 6.42 Å². The molecular weight excluding hydrogens is 286 g/mol. The van der Waals surface area contributed by atoms with Crippen molar-refractivity contribution in [1.82, 2.24) is 5.32 Å². The van der Waals surface area contributed by atoms with Crippen LogP contribution in [0.3, 0.4) is 0 Å². The summed E-state index contributed by atoms with van der Waals surface area (Å²) in [7, 11) is 0. The molecule has 0 aliphatic carbocycles. The summed E-state index contributed by atoms with van der Waals surface area (Å²) in [5.74, 6) is 0. The highest BCUT2D eigenvalue weighted by Crippen LogP contribution is 2.17. The van der Waals surface area contributed by atoms with Crippen LogP contribution >= 0.6 is 0 Å². The van der Waals surface area contributed by atoms with Gasteiger partial charge in [-0.15, -0.1) is 0 Å². The molecule has 0 aromatic heterocycles. The van der Waals surface area contributed by atoms with Crippen molar-refractivity contribution in [3.63, 3.8) is 0 Å². The minimum absolute atomic E-state index is 0.170. The van der Waals surface area contributed by atoms with Gasteiger partial charge >= 0.3 is 6.03 Å². The fraction of sp³-hybridized carbons (Fsp3) is 0.316. The monoisotopic (exact) mass is 311 g/mol. The van der Waals surface area contributed by atoms with Crippen molar-refractivity contribution in [3.8, 4) is 0 Å². The molecule has 0 bridgehead atoms. The third kappa shape index (κ3) is 5.33. The molecule has 2 rings (SSSR count). The number of hydrogen-bond donors (Lipinski definition) is 2. The normalized spacial score (nSPS) is 10.2. The van der Waals surface area contributed by atoms with Crippen LogP contribution in [0.1, 0.15) is 19.4 Å². The van der Waals surface area contributed by atoms with Crippen LogP contribution in [0, 0.1) is 0 Å². The fourth-order valence-corrected chi connectivity index (χ4v) is 2.48. The van der Waals surface area contributed by atoms with Crippen molar-refractivity contribution in [3.05, 3.63) is 60.2 Å². The Morgan fingerprint density at radius 3 is 2.22 bits per heavy atom. The van der Waals surface area contributed by atoms with Gasteiger partial charge in [-0.05, 0) is 50.1 Å². The van der Waals surface area contributed by atoms with Crippen molar-refractivity contribution in [1.29, 1.82) is 0 Å². The Hall–Kier alpha value is -2.49. The topological polar surface area (TPSA) is 44.4 Å². The molecule has 0 aliphatic rings. The van der Waals surface area contributed by atoms with E-state index in [9.17, 15) is 4.79 Å². The molecule has 0 radical (unpaired) electrons. The summed E-state index contributed by atoms with van der Waals surface area (Å²) in [4.78, 5) is 14.2. The van der Waals surface area contributed by atoms with Gasteiger partial charge in [0.15, 0.2) is 0 Å². The average molecular weight is 311 g/mol. The fourth-order valence-electron chi connectivity index (χ4n) is 2.48. The lowest BCUT2D eigenvalue weighted by molar-refractivity contribution is 0.252. The first-order chi connectivity index (χ1) is 11.2. The number of carbonyl (C=O) groups is 1. The maximum absolute atomic E-state index is 11.9. The summed E-state index contributed by atoms with van der Waals surface area (Å²) in [6, 6.07) is 17.9. The zero-order valence-corrected chi connectivity index (χ0v) is 13.9. The van der Waals surface area contributed by atoms with E-state index in [1.807, 2.05) is 42.5 Å². The van der Waals surface area contributed by atoms with Crippen LogP contribution in [-0.4, -0.2) is 25.7 Å². The number of benzene rings is 2. The Kier molecular flexibility index (Phi) is 6.48. The van der Waals surface area contributed by atoms with Crippen molar-refractivity contribution >= 4 is 17.4 Å². The van der Waals surface area contributed by atoms with Gasteiger partial charge in [-0.3, -0.25) is 0 Å². The number of nitrogens with zero attached hydrogens (tertiary/aromatic N) is 1. The van der Waals surface area contributed by atoms with Crippen LogP contribution in [0.4, 0.5) is 16.2 Å². The minimum Gasteiger partial charge on any atom is -0.372 e. The smallest absolute Gasteiger partial charge is 0.319 e. The Bertz CT molecular complexity index is 592. The van der Waals surface area contributed by atoms with E-state index in [1.54, 1.807) is 0 Å². The van der Waals surface area contributed by atoms with Crippen LogP contribution < -0.4 is 15.5 Å². The summed E-state index contributed by atoms with van der Waals surface area (Å²) in [6.07, 6.45) is 0.829. The lowest BCUT2D eigenvalue weighted by atomic mass is 10.1. The largest absolute Gasteiger partial charge is 0.372 e. The van der Waals surface area contributed by atoms with Gasteiger partial charge in [0.05, 0.1) is 0 Å². The number of carbonyl (C=O) groups excluding carboxylic acids is 1. The lowest BCUT2D eigenvalue weighted by Gasteiger charge is -2.21. The molecule has 4 heteroatoms. The van der Waals surface area contributed by atoms with Gasteiger partial charge in [0, 0.05) is 31.0 Å². The third-order valence-electron chi connectivity index (χ3n) is 3.80. The van der Waals surface area contributed by atoms with E-state index in [0.29, 0.717) is 6.54 Å². The first-order valence-corrected chi connectivity index (χ1v) is 8.16. The van der Waals surface area contributed by atoms with E-state index < -0.39 is 0 Å². The van der Waals surface area contributed by atoms with E-state index in [2.05, 4.69) is 41.5 Å². The van der Waals surface area contributed by atoms with E-state index >= 15 is 0 Å². The van der Waals surface area contributed by atoms with Crippen LogP contribution in [0.5, 0.6) is 0 Å². The first-order valence-electron chi connectivity index (χ1n) is 8.16. The predicted molar refractivity (Wildman–Crippen MR) is 97.2 cm³/mol. The van der Waals surface area contributed by atoms with Gasteiger partial charge in [0.25, 0.3) is 0 Å². The number of urea groups is 1. The van der Waals surface area contributed by atoms with Crippen LogP contribution in [0.25, 0.3) is 0 Å². The molecule has 2 aromatic carbocycles. The van der Waals surface area contributed by atoms with E-state index in [1.165, 1.54) is 11.3 Å². The Balaban J connectivity index is 1.78. The van der Waals surface area contributed by atoms with Gasteiger partial charge in [-0.2, -0.15) is 0 Å². The number of hydrogen-bond acceptors (Lipinski definition) is 2. The molecule has 0 saturated heterocycles. The highest BCUT2D eigenvalue weighted by molar-refractivity contribution is 5.89. The van der Waals surface area contributed by atoms with E-state index in [0.717, 1.165) is 25.2 Å². The molecule has 0 saturated carbocycles. The van der Waals surface area contributed by atoms with Gasteiger partial charge < -0.3 is 15.5 Å². The third-order valence-corrected chi connectivity index (χ3v) is 3.80. The Labute approximate surface area is 138 Å². The van der Waals surface area contributed by atoms with Crippen molar-refractivity contribution in [2.75, 3.05) is 29.9 Å². The van der Waals surface area contributed by atoms with E-state index in [-0.39, 0.29) is 6.03 Å². The maximum atomic E-state index is 11.9. The highest BCUT2D eigenvalue weighted by atomic mass is 16.2. The SMILES string of the molecule is CCN(CC)c1ccc(NC(=O)NCCc2ccccc2)cc1. The number of amides is 2.